The summed E-state index contributed by atoms with van der Waals surface area (Å²) in [7, 11) is 0. The van der Waals surface area contributed by atoms with Gasteiger partial charge in [-0.3, -0.25) is 9.59 Å². The summed E-state index contributed by atoms with van der Waals surface area (Å²) < 4.78 is 17.1. The van der Waals surface area contributed by atoms with Crippen LogP contribution in [0.4, 0.5) is 0 Å². The van der Waals surface area contributed by atoms with Crippen molar-refractivity contribution in [2.45, 2.75) is 76.8 Å². The molecule has 0 aromatic carbocycles. The quantitative estimate of drug-likeness (QED) is 0.268. The van der Waals surface area contributed by atoms with Crippen LogP contribution in [0.15, 0.2) is 12.2 Å². The zero-order valence-electron chi connectivity index (χ0n) is 15.9. The lowest BCUT2D eigenvalue weighted by Crippen LogP contribution is -2.32. The van der Waals surface area contributed by atoms with Crippen molar-refractivity contribution in [1.29, 1.82) is 0 Å². The van der Waals surface area contributed by atoms with E-state index in [1.165, 1.54) is 6.92 Å². The summed E-state index contributed by atoms with van der Waals surface area (Å²) >= 11 is 0. The molecular formula is C20H30O7. The Bertz CT molecular complexity index is 524. The number of aldehydes is 1. The van der Waals surface area contributed by atoms with E-state index in [9.17, 15) is 14.4 Å². The molecule has 7 nitrogen and oxygen atoms in total. The number of carbonyl (C=O) groups excluding carboxylic acids is 2. The largest absolute Gasteiger partial charge is 0.481 e. The first kappa shape index (κ1) is 21.6. The lowest BCUT2D eigenvalue weighted by molar-refractivity contribution is -0.195. The van der Waals surface area contributed by atoms with Gasteiger partial charge in [0.25, 0.3) is 0 Å². The van der Waals surface area contributed by atoms with E-state index in [-0.39, 0.29) is 42.7 Å². The third-order valence-corrected chi connectivity index (χ3v) is 5.14. The third kappa shape index (κ3) is 7.07. The Morgan fingerprint density at radius 3 is 2.67 bits per heavy atom. The van der Waals surface area contributed by atoms with E-state index in [0.717, 1.165) is 25.5 Å². The molecule has 7 heteroatoms. The average Bonchev–Trinajstić information content (AvgIpc) is 2.94. The Kier molecular flexibility index (Phi) is 8.94. The van der Waals surface area contributed by atoms with E-state index in [1.807, 2.05) is 12.2 Å². The van der Waals surface area contributed by atoms with Crippen molar-refractivity contribution in [3.8, 4) is 0 Å². The monoisotopic (exact) mass is 382 g/mol. The van der Waals surface area contributed by atoms with E-state index in [4.69, 9.17) is 19.3 Å². The fraction of sp³-hybridized carbons (Fsp3) is 0.750. The molecule has 27 heavy (non-hydrogen) atoms. The molecule has 0 bridgehead atoms. The minimum atomic E-state index is -0.806. The van der Waals surface area contributed by atoms with Crippen molar-refractivity contribution in [2.75, 3.05) is 6.61 Å². The van der Waals surface area contributed by atoms with Gasteiger partial charge < -0.3 is 24.1 Å². The van der Waals surface area contributed by atoms with Crippen LogP contribution in [-0.4, -0.2) is 48.4 Å². The lowest BCUT2D eigenvalue weighted by Gasteiger charge is -2.27. The minimum absolute atomic E-state index is 0.137. The number of unbranched alkanes of at least 4 members (excludes halogenated alkanes) is 1. The van der Waals surface area contributed by atoms with Crippen molar-refractivity contribution in [1.82, 2.24) is 0 Å². The van der Waals surface area contributed by atoms with Crippen LogP contribution < -0.4 is 0 Å². The van der Waals surface area contributed by atoms with E-state index < -0.39 is 5.97 Å². The summed E-state index contributed by atoms with van der Waals surface area (Å²) in [5.74, 6) is -1.67. The first-order valence-corrected chi connectivity index (χ1v) is 9.77. The normalized spacial score (nSPS) is 31.1. The first-order chi connectivity index (χ1) is 13.0. The maximum Gasteiger partial charge on any atom is 0.303 e. The summed E-state index contributed by atoms with van der Waals surface area (Å²) in [5.41, 5.74) is 0. The second-order valence-corrected chi connectivity index (χ2v) is 7.22. The molecule has 2 fully saturated rings. The smallest absolute Gasteiger partial charge is 0.303 e. The average molecular weight is 382 g/mol. The van der Waals surface area contributed by atoms with Gasteiger partial charge in [0.15, 0.2) is 6.29 Å². The standard InChI is InChI=1S/C20H30O7/c1-14(22)26-17-12-18(27-20-10-6-7-11-25-20)16(13-21)15(17)8-4-2-3-5-9-19(23)24/h2,4,13,15-18,20H,3,5-12H2,1H3,(H,23,24)/b4-2-/t15-,16-,17-,18-,20?/m1/s1. The predicted octanol–water partition coefficient (Wildman–Crippen LogP) is 2.87. The Hall–Kier alpha value is -1.73. The second kappa shape index (κ2) is 11.2. The molecule has 5 atom stereocenters. The van der Waals surface area contributed by atoms with Crippen LogP contribution in [0.25, 0.3) is 0 Å². The molecule has 1 aliphatic heterocycles. The van der Waals surface area contributed by atoms with Gasteiger partial charge in [-0.05, 0) is 38.5 Å². The molecular weight excluding hydrogens is 352 g/mol. The number of hydrogen-bond donors (Lipinski definition) is 1. The van der Waals surface area contributed by atoms with Gasteiger partial charge in [0.2, 0.25) is 0 Å². The van der Waals surface area contributed by atoms with Gasteiger partial charge in [-0.15, -0.1) is 0 Å². The summed E-state index contributed by atoms with van der Waals surface area (Å²) in [4.78, 5) is 33.8. The van der Waals surface area contributed by atoms with Crippen molar-refractivity contribution in [3.05, 3.63) is 12.2 Å². The Morgan fingerprint density at radius 2 is 2.04 bits per heavy atom. The molecule has 1 N–H and O–H groups in total. The van der Waals surface area contributed by atoms with Crippen LogP contribution >= 0.6 is 0 Å². The van der Waals surface area contributed by atoms with Gasteiger partial charge in [-0.1, -0.05) is 12.2 Å². The van der Waals surface area contributed by atoms with Crippen LogP contribution in [-0.2, 0) is 28.6 Å². The van der Waals surface area contributed by atoms with Crippen molar-refractivity contribution >= 4 is 18.2 Å². The third-order valence-electron chi connectivity index (χ3n) is 5.14. The topological polar surface area (TPSA) is 99.1 Å². The molecule has 0 amide bonds. The van der Waals surface area contributed by atoms with Crippen molar-refractivity contribution in [2.24, 2.45) is 11.8 Å². The number of rotatable bonds is 10. The highest BCUT2D eigenvalue weighted by Crippen LogP contribution is 2.39. The van der Waals surface area contributed by atoms with E-state index in [1.54, 1.807) is 0 Å². The molecule has 1 unspecified atom stereocenters. The molecule has 1 aliphatic carbocycles. The number of hydrogen-bond acceptors (Lipinski definition) is 6. The molecule has 2 rings (SSSR count). The Labute approximate surface area is 160 Å². The minimum Gasteiger partial charge on any atom is -0.481 e. The Morgan fingerprint density at radius 1 is 1.22 bits per heavy atom. The van der Waals surface area contributed by atoms with Gasteiger partial charge >= 0.3 is 11.9 Å². The van der Waals surface area contributed by atoms with Crippen LogP contribution in [0.1, 0.15) is 58.3 Å². The van der Waals surface area contributed by atoms with Crippen LogP contribution in [0.2, 0.25) is 0 Å². The highest BCUT2D eigenvalue weighted by molar-refractivity contribution is 5.67. The van der Waals surface area contributed by atoms with Crippen LogP contribution in [0.3, 0.4) is 0 Å². The number of carboxylic acids is 1. The highest BCUT2D eigenvalue weighted by atomic mass is 16.7. The maximum atomic E-state index is 11.8. The lowest BCUT2D eigenvalue weighted by atomic mass is 9.91. The van der Waals surface area contributed by atoms with Crippen molar-refractivity contribution < 1.29 is 33.7 Å². The van der Waals surface area contributed by atoms with Crippen LogP contribution in [0, 0.1) is 11.8 Å². The number of ether oxygens (including phenoxy) is 3. The van der Waals surface area contributed by atoms with E-state index >= 15 is 0 Å². The Balaban J connectivity index is 1.94. The summed E-state index contributed by atoms with van der Waals surface area (Å²) in [6.07, 6.45) is 9.11. The number of esters is 1. The molecule has 1 saturated carbocycles. The van der Waals surface area contributed by atoms with Gasteiger partial charge in [-0.2, -0.15) is 0 Å². The molecule has 1 heterocycles. The summed E-state index contributed by atoms with van der Waals surface area (Å²) in [6.45, 7) is 2.03. The molecule has 152 valence electrons. The molecule has 0 aromatic heterocycles. The number of aliphatic carboxylic acids is 1. The molecule has 0 aromatic rings. The number of carboxylic acid groups (broad SMARTS) is 1. The maximum absolute atomic E-state index is 11.8. The van der Waals surface area contributed by atoms with E-state index in [2.05, 4.69) is 0 Å². The zero-order valence-corrected chi connectivity index (χ0v) is 15.9. The molecule has 0 spiro atoms. The van der Waals surface area contributed by atoms with E-state index in [0.29, 0.717) is 32.3 Å². The van der Waals surface area contributed by atoms with Gasteiger partial charge in [0, 0.05) is 38.2 Å². The second-order valence-electron chi connectivity index (χ2n) is 7.22. The van der Waals surface area contributed by atoms with Gasteiger partial charge in [-0.25, -0.2) is 0 Å². The SMILES string of the molecule is CC(=O)O[C@@H]1C[C@@H](OC2CCCCO2)[C@H](C=O)[C@H]1C/C=C\CCCC(=O)O. The highest BCUT2D eigenvalue weighted by Gasteiger charge is 2.46. The number of allylic oxidation sites excluding steroid dienone is 2. The number of carbonyl (C=O) groups is 3. The van der Waals surface area contributed by atoms with Crippen LogP contribution in [0.5, 0.6) is 0 Å². The molecule has 1 saturated heterocycles. The fourth-order valence-corrected chi connectivity index (χ4v) is 3.83. The fourth-order valence-electron chi connectivity index (χ4n) is 3.83. The molecule has 2 aliphatic rings. The summed E-state index contributed by atoms with van der Waals surface area (Å²) in [6, 6.07) is 0. The zero-order chi connectivity index (χ0) is 19.6. The van der Waals surface area contributed by atoms with Gasteiger partial charge in [0.1, 0.15) is 12.4 Å². The first-order valence-electron chi connectivity index (χ1n) is 9.77. The molecule has 0 radical (unpaired) electrons. The van der Waals surface area contributed by atoms with Crippen molar-refractivity contribution in [3.63, 3.8) is 0 Å². The predicted molar refractivity (Wildman–Crippen MR) is 96.9 cm³/mol. The summed E-state index contributed by atoms with van der Waals surface area (Å²) in [5, 5.41) is 8.66. The van der Waals surface area contributed by atoms with Gasteiger partial charge in [0.05, 0.1) is 6.10 Å².